The summed E-state index contributed by atoms with van der Waals surface area (Å²) in [6, 6.07) is 0. The summed E-state index contributed by atoms with van der Waals surface area (Å²) < 4.78 is 56.6. The Morgan fingerprint density at radius 2 is 2.14 bits per heavy atom. The molecule has 1 aliphatic rings. The van der Waals surface area contributed by atoms with Crippen molar-refractivity contribution in [1.29, 1.82) is 0 Å². The van der Waals surface area contributed by atoms with Crippen LogP contribution in [0, 0.1) is 0 Å². The number of alkyl halides is 3. The third-order valence-corrected chi connectivity index (χ3v) is 3.13. The van der Waals surface area contributed by atoms with E-state index >= 15 is 0 Å². The molecular weight excluding hydrogens is 314 g/mol. The minimum Gasteiger partial charge on any atom is -0.394 e. The van der Waals surface area contributed by atoms with Crippen molar-refractivity contribution in [3.63, 3.8) is 0 Å². The molecule has 2 heterocycles. The molecule has 122 valence electrons. The number of halogens is 4. The Bertz CT molecular complexity index is 658. The first-order chi connectivity index (χ1) is 10.2. The second kappa shape index (κ2) is 5.66. The zero-order valence-electron chi connectivity index (χ0n) is 10.8. The SMILES string of the molecule is Nc1nc(=O)n(C2OC(CO)C(O)/C2=C\F)cc1C(F)(F)F. The summed E-state index contributed by atoms with van der Waals surface area (Å²) in [6.07, 6.45) is -9.23. The number of hydrogen-bond acceptors (Lipinski definition) is 6. The van der Waals surface area contributed by atoms with Crippen molar-refractivity contribution in [3.8, 4) is 0 Å². The van der Waals surface area contributed by atoms with Gasteiger partial charge in [0.1, 0.15) is 23.6 Å². The molecule has 0 bridgehead atoms. The molecule has 7 nitrogen and oxygen atoms in total. The molecule has 0 spiro atoms. The average molecular weight is 325 g/mol. The Balaban J connectivity index is 2.56. The number of aromatic nitrogens is 2. The summed E-state index contributed by atoms with van der Waals surface area (Å²) in [6.45, 7) is -0.724. The van der Waals surface area contributed by atoms with Gasteiger partial charge in [-0.2, -0.15) is 18.2 Å². The fraction of sp³-hybridized carbons (Fsp3) is 0.455. The van der Waals surface area contributed by atoms with Gasteiger partial charge in [-0.25, -0.2) is 9.18 Å². The molecule has 4 N–H and O–H groups in total. The van der Waals surface area contributed by atoms with Crippen molar-refractivity contribution in [2.24, 2.45) is 0 Å². The summed E-state index contributed by atoms with van der Waals surface area (Å²) >= 11 is 0. The maximum Gasteiger partial charge on any atom is 0.421 e. The standard InChI is InChI=1S/C11H11F4N3O4/c12-1-4-7(20)6(3-19)22-9(4)18-2-5(11(13,14)15)8(16)17-10(18)21/h1-2,6-7,9,19-20H,3H2,(H2,16,17,21)/b4-1+. The van der Waals surface area contributed by atoms with Crippen molar-refractivity contribution < 1.29 is 32.5 Å². The Morgan fingerprint density at radius 1 is 1.50 bits per heavy atom. The van der Waals surface area contributed by atoms with Crippen LogP contribution in [0.15, 0.2) is 22.9 Å². The maximum absolute atomic E-state index is 12.9. The largest absolute Gasteiger partial charge is 0.421 e. The summed E-state index contributed by atoms with van der Waals surface area (Å²) in [5.74, 6) is -1.03. The van der Waals surface area contributed by atoms with Crippen LogP contribution in [0.5, 0.6) is 0 Å². The van der Waals surface area contributed by atoms with Crippen LogP contribution >= 0.6 is 0 Å². The van der Waals surface area contributed by atoms with E-state index in [1.807, 2.05) is 0 Å². The lowest BCUT2D eigenvalue weighted by molar-refractivity contribution is -0.138. The van der Waals surface area contributed by atoms with Gasteiger partial charge < -0.3 is 20.7 Å². The number of nitrogens with two attached hydrogens (primary N) is 1. The average Bonchev–Trinajstić information content (AvgIpc) is 2.73. The molecule has 1 aliphatic heterocycles. The summed E-state index contributed by atoms with van der Waals surface area (Å²) in [4.78, 5) is 14.7. The molecule has 2 rings (SSSR count). The molecule has 3 unspecified atom stereocenters. The van der Waals surface area contributed by atoms with Gasteiger partial charge in [0.25, 0.3) is 0 Å². The van der Waals surface area contributed by atoms with Crippen LogP contribution in [-0.4, -0.2) is 38.6 Å². The van der Waals surface area contributed by atoms with Gasteiger partial charge in [-0.15, -0.1) is 0 Å². The second-order valence-corrected chi connectivity index (χ2v) is 4.49. The maximum atomic E-state index is 12.9. The van der Waals surface area contributed by atoms with Crippen LogP contribution in [0.1, 0.15) is 11.8 Å². The van der Waals surface area contributed by atoms with Crippen LogP contribution in [0.2, 0.25) is 0 Å². The lowest BCUT2D eigenvalue weighted by Crippen LogP contribution is -2.31. The smallest absolute Gasteiger partial charge is 0.394 e. The lowest BCUT2D eigenvalue weighted by atomic mass is 10.1. The number of aliphatic hydroxyl groups excluding tert-OH is 2. The quantitative estimate of drug-likeness (QED) is 0.658. The van der Waals surface area contributed by atoms with Crippen LogP contribution < -0.4 is 11.4 Å². The van der Waals surface area contributed by atoms with Crippen LogP contribution in [-0.2, 0) is 10.9 Å². The molecule has 0 aromatic carbocycles. The molecule has 1 aromatic rings. The first-order valence-corrected chi connectivity index (χ1v) is 5.91. The molecule has 11 heteroatoms. The molecule has 1 fully saturated rings. The van der Waals surface area contributed by atoms with Crippen molar-refractivity contribution in [1.82, 2.24) is 9.55 Å². The molecule has 3 atom stereocenters. The van der Waals surface area contributed by atoms with Gasteiger partial charge >= 0.3 is 11.9 Å². The number of rotatable bonds is 2. The minimum atomic E-state index is -4.89. The Morgan fingerprint density at radius 3 is 2.64 bits per heavy atom. The van der Waals surface area contributed by atoms with E-state index in [0.717, 1.165) is 0 Å². The molecule has 0 saturated carbocycles. The minimum absolute atomic E-state index is 0.0962. The van der Waals surface area contributed by atoms with E-state index in [4.69, 9.17) is 15.6 Å². The number of nitrogens with zero attached hydrogens (tertiary/aromatic N) is 2. The van der Waals surface area contributed by atoms with Crippen molar-refractivity contribution in [2.45, 2.75) is 24.6 Å². The topological polar surface area (TPSA) is 111 Å². The molecule has 1 aromatic heterocycles. The van der Waals surface area contributed by atoms with Gasteiger partial charge in [0, 0.05) is 11.8 Å². The normalized spacial score (nSPS) is 27.5. The highest BCUT2D eigenvalue weighted by atomic mass is 19.4. The summed E-state index contributed by atoms with van der Waals surface area (Å²) in [7, 11) is 0. The Kier molecular flexibility index (Phi) is 4.22. The van der Waals surface area contributed by atoms with E-state index in [1.54, 1.807) is 0 Å². The van der Waals surface area contributed by atoms with E-state index in [0.29, 0.717) is 10.8 Å². The molecule has 22 heavy (non-hydrogen) atoms. The first-order valence-electron chi connectivity index (χ1n) is 5.91. The van der Waals surface area contributed by atoms with E-state index < -0.39 is 53.9 Å². The number of nitrogen functional groups attached to an aromatic ring is 1. The highest BCUT2D eigenvalue weighted by Crippen LogP contribution is 2.36. The third-order valence-electron chi connectivity index (χ3n) is 3.13. The molecular formula is C11H11F4N3O4. The number of aliphatic hydroxyl groups is 2. The molecule has 1 saturated heterocycles. The van der Waals surface area contributed by atoms with E-state index in [1.165, 1.54) is 0 Å². The third kappa shape index (κ3) is 2.69. The zero-order valence-corrected chi connectivity index (χ0v) is 10.8. The van der Waals surface area contributed by atoms with Gasteiger partial charge in [-0.3, -0.25) is 4.57 Å². The summed E-state index contributed by atoms with van der Waals surface area (Å²) in [5.41, 5.74) is 1.92. The van der Waals surface area contributed by atoms with E-state index in [-0.39, 0.29) is 6.33 Å². The van der Waals surface area contributed by atoms with Crippen LogP contribution in [0.3, 0.4) is 0 Å². The fourth-order valence-electron chi connectivity index (χ4n) is 2.03. The van der Waals surface area contributed by atoms with Crippen LogP contribution in [0.4, 0.5) is 23.4 Å². The second-order valence-electron chi connectivity index (χ2n) is 4.49. The highest BCUT2D eigenvalue weighted by Gasteiger charge is 2.42. The van der Waals surface area contributed by atoms with Gasteiger partial charge in [0.05, 0.1) is 12.9 Å². The molecule has 0 aliphatic carbocycles. The van der Waals surface area contributed by atoms with E-state index in [2.05, 4.69) is 4.98 Å². The van der Waals surface area contributed by atoms with Gasteiger partial charge in [-0.05, 0) is 0 Å². The highest BCUT2D eigenvalue weighted by molar-refractivity contribution is 5.39. The van der Waals surface area contributed by atoms with Gasteiger partial charge in [-0.1, -0.05) is 0 Å². The fourth-order valence-corrected chi connectivity index (χ4v) is 2.03. The first kappa shape index (κ1) is 16.4. The number of hydrogen-bond donors (Lipinski definition) is 3. The van der Waals surface area contributed by atoms with Crippen molar-refractivity contribution in [3.05, 3.63) is 34.1 Å². The Hall–Kier alpha value is -1.98. The molecule has 0 radical (unpaired) electrons. The van der Waals surface area contributed by atoms with Gasteiger partial charge in [0.15, 0.2) is 6.23 Å². The Labute approximate surface area is 120 Å². The van der Waals surface area contributed by atoms with Crippen molar-refractivity contribution >= 4 is 5.82 Å². The molecule has 0 amide bonds. The lowest BCUT2D eigenvalue weighted by Gasteiger charge is -2.17. The predicted octanol–water partition coefficient (Wildman–Crippen LogP) is -0.0517. The zero-order chi connectivity index (χ0) is 16.7. The van der Waals surface area contributed by atoms with Gasteiger partial charge in [0.2, 0.25) is 0 Å². The monoisotopic (exact) mass is 325 g/mol. The van der Waals surface area contributed by atoms with Crippen LogP contribution in [0.25, 0.3) is 0 Å². The number of anilines is 1. The van der Waals surface area contributed by atoms with E-state index in [9.17, 15) is 27.5 Å². The summed E-state index contributed by atoms with van der Waals surface area (Å²) in [5, 5.41) is 18.7. The number of ether oxygens (including phenoxy) is 1. The predicted molar refractivity (Wildman–Crippen MR) is 64.1 cm³/mol. The van der Waals surface area contributed by atoms with Crippen molar-refractivity contribution in [2.75, 3.05) is 12.3 Å².